The zero-order valence-corrected chi connectivity index (χ0v) is 18.5. The molecule has 0 unspecified atom stereocenters. The Morgan fingerprint density at radius 1 is 1.30 bits per heavy atom. The van der Waals surface area contributed by atoms with Crippen molar-refractivity contribution in [2.24, 2.45) is 0 Å². The summed E-state index contributed by atoms with van der Waals surface area (Å²) in [5.74, 6) is 0.181. The molecule has 1 aliphatic rings. The van der Waals surface area contributed by atoms with E-state index in [-0.39, 0.29) is 19.2 Å². The fraction of sp³-hybridized carbons (Fsp3) is 0.167. The number of hydrogen-bond acceptors (Lipinski definition) is 7. The number of rotatable bonds is 6. The van der Waals surface area contributed by atoms with Gasteiger partial charge in [-0.1, -0.05) is 24.8 Å². The second-order valence-electron chi connectivity index (χ2n) is 7.51. The van der Waals surface area contributed by atoms with Crippen molar-refractivity contribution < 1.29 is 13.9 Å². The molecule has 4 aromatic rings. The lowest BCUT2D eigenvalue weighted by Crippen LogP contribution is -2.40. The van der Waals surface area contributed by atoms with Gasteiger partial charge in [0.1, 0.15) is 29.5 Å². The Bertz CT molecular complexity index is 1390. The monoisotopic (exact) mass is 459 g/mol. The maximum atomic E-state index is 14.2. The summed E-state index contributed by atoms with van der Waals surface area (Å²) in [6, 6.07) is 13.9. The van der Waals surface area contributed by atoms with Crippen LogP contribution in [-0.2, 0) is 21.6 Å². The van der Waals surface area contributed by atoms with Gasteiger partial charge in [-0.15, -0.1) is 11.3 Å². The molecule has 0 saturated carbocycles. The molecule has 0 N–H and O–H groups in total. The van der Waals surface area contributed by atoms with Crippen LogP contribution in [0.3, 0.4) is 0 Å². The predicted molar refractivity (Wildman–Crippen MR) is 121 cm³/mol. The van der Waals surface area contributed by atoms with Gasteiger partial charge in [0.25, 0.3) is 0 Å². The standard InChI is InChI=1S/C24H18FN5O2S/c1-15(23-29-21(11-33-23)17-5-3-16(10-26)4-6-17)24(32-14-31-2)12-30-22(27-13-28-30)19-9-18(25)7-8-20(19)24/h3-9,11,13H,1,12,14H2,2H3/t24-/m1/s1. The van der Waals surface area contributed by atoms with Gasteiger partial charge in [-0.3, -0.25) is 0 Å². The number of nitrogens with zero attached hydrogens (tertiary/aromatic N) is 5. The molecule has 7 nitrogen and oxygen atoms in total. The Kier molecular flexibility index (Phi) is 5.34. The molecular formula is C24H18FN5O2S. The van der Waals surface area contributed by atoms with Crippen molar-refractivity contribution in [2.45, 2.75) is 12.1 Å². The summed E-state index contributed by atoms with van der Waals surface area (Å²) in [6.07, 6.45) is 1.44. The number of benzene rings is 2. The van der Waals surface area contributed by atoms with E-state index in [2.05, 4.69) is 22.7 Å². The molecule has 2 aromatic heterocycles. The van der Waals surface area contributed by atoms with Crippen LogP contribution < -0.4 is 0 Å². The number of thiazole rings is 1. The molecule has 2 aromatic carbocycles. The van der Waals surface area contributed by atoms with Crippen molar-refractivity contribution in [3.05, 3.63) is 82.7 Å². The minimum absolute atomic E-state index is 0.00623. The highest BCUT2D eigenvalue weighted by Crippen LogP contribution is 2.48. The van der Waals surface area contributed by atoms with Gasteiger partial charge in [-0.25, -0.2) is 19.0 Å². The molecule has 0 bridgehead atoms. The highest BCUT2D eigenvalue weighted by molar-refractivity contribution is 7.11. The van der Waals surface area contributed by atoms with E-state index >= 15 is 0 Å². The van der Waals surface area contributed by atoms with Crippen molar-refractivity contribution >= 4 is 16.9 Å². The summed E-state index contributed by atoms with van der Waals surface area (Å²) >= 11 is 1.43. The van der Waals surface area contributed by atoms with Crippen LogP contribution in [0.2, 0.25) is 0 Å². The quantitative estimate of drug-likeness (QED) is 0.391. The summed E-state index contributed by atoms with van der Waals surface area (Å²) in [5.41, 5.74) is 3.07. The summed E-state index contributed by atoms with van der Waals surface area (Å²) in [7, 11) is 1.54. The largest absolute Gasteiger partial charge is 0.359 e. The molecule has 33 heavy (non-hydrogen) atoms. The van der Waals surface area contributed by atoms with Crippen molar-refractivity contribution in [1.29, 1.82) is 5.26 Å². The van der Waals surface area contributed by atoms with Gasteiger partial charge in [-0.05, 0) is 24.3 Å². The van der Waals surface area contributed by atoms with E-state index in [4.69, 9.17) is 19.7 Å². The first-order valence-electron chi connectivity index (χ1n) is 10.0. The fourth-order valence-electron chi connectivity index (χ4n) is 4.00. The molecule has 1 aliphatic heterocycles. The Labute approximate surface area is 193 Å². The van der Waals surface area contributed by atoms with Crippen LogP contribution in [0.25, 0.3) is 28.2 Å². The van der Waals surface area contributed by atoms with Gasteiger partial charge >= 0.3 is 0 Å². The third-order valence-corrected chi connectivity index (χ3v) is 6.53. The average molecular weight is 460 g/mol. The molecule has 3 heterocycles. The minimum Gasteiger partial charge on any atom is -0.359 e. The van der Waals surface area contributed by atoms with Gasteiger partial charge < -0.3 is 9.47 Å². The van der Waals surface area contributed by atoms with Gasteiger partial charge in [0, 0.05) is 34.8 Å². The van der Waals surface area contributed by atoms with Crippen LogP contribution in [0, 0.1) is 17.1 Å². The minimum atomic E-state index is -1.08. The lowest BCUT2D eigenvalue weighted by molar-refractivity contribution is -0.115. The fourth-order valence-corrected chi connectivity index (χ4v) is 4.87. The molecule has 0 spiro atoms. The zero-order valence-electron chi connectivity index (χ0n) is 17.7. The van der Waals surface area contributed by atoms with E-state index in [0.717, 1.165) is 16.8 Å². The molecule has 0 radical (unpaired) electrons. The van der Waals surface area contributed by atoms with Crippen molar-refractivity contribution in [1.82, 2.24) is 19.7 Å². The SMILES string of the molecule is C=C(c1nc(-c2ccc(C#N)cc2)cs1)[C@]1(OCOC)Cn2ncnc2-c2cc(F)ccc21. The normalized spacial score (nSPS) is 16.6. The molecule has 1 atom stereocenters. The Morgan fingerprint density at radius 2 is 2.12 bits per heavy atom. The third-order valence-electron chi connectivity index (χ3n) is 5.63. The topological polar surface area (TPSA) is 85.9 Å². The molecular weight excluding hydrogens is 441 g/mol. The summed E-state index contributed by atoms with van der Waals surface area (Å²) in [5, 5.41) is 16.0. The molecule has 9 heteroatoms. The Morgan fingerprint density at radius 3 is 2.88 bits per heavy atom. The maximum absolute atomic E-state index is 14.2. The molecule has 0 aliphatic carbocycles. The van der Waals surface area contributed by atoms with E-state index in [1.54, 1.807) is 22.9 Å². The van der Waals surface area contributed by atoms with E-state index in [1.165, 1.54) is 36.9 Å². The highest BCUT2D eigenvalue weighted by Gasteiger charge is 2.45. The highest BCUT2D eigenvalue weighted by atomic mass is 32.1. The molecule has 0 amide bonds. The second-order valence-corrected chi connectivity index (χ2v) is 8.37. The van der Waals surface area contributed by atoms with E-state index in [1.807, 2.05) is 17.5 Å². The first-order chi connectivity index (χ1) is 16.1. The van der Waals surface area contributed by atoms with E-state index < -0.39 is 5.60 Å². The van der Waals surface area contributed by atoms with Gasteiger partial charge in [0.15, 0.2) is 5.82 Å². The smallest absolute Gasteiger partial charge is 0.158 e. The number of hydrogen-bond donors (Lipinski definition) is 0. The van der Waals surface area contributed by atoms with Crippen LogP contribution in [0.5, 0.6) is 0 Å². The van der Waals surface area contributed by atoms with E-state index in [9.17, 15) is 4.39 Å². The van der Waals surface area contributed by atoms with Crippen LogP contribution in [0.4, 0.5) is 4.39 Å². The van der Waals surface area contributed by atoms with Crippen LogP contribution in [-0.4, -0.2) is 33.7 Å². The van der Waals surface area contributed by atoms with Crippen molar-refractivity contribution in [3.8, 4) is 28.7 Å². The second kappa shape index (κ2) is 8.33. The number of methoxy groups -OCH3 is 1. The van der Waals surface area contributed by atoms with Gasteiger partial charge in [-0.2, -0.15) is 10.4 Å². The number of halogens is 1. The van der Waals surface area contributed by atoms with Crippen LogP contribution >= 0.6 is 11.3 Å². The predicted octanol–water partition coefficient (Wildman–Crippen LogP) is 4.62. The van der Waals surface area contributed by atoms with E-state index in [0.29, 0.717) is 27.5 Å². The van der Waals surface area contributed by atoms with Gasteiger partial charge in [0.05, 0.1) is 23.9 Å². The zero-order chi connectivity index (χ0) is 23.0. The Hall–Kier alpha value is -3.71. The molecule has 0 saturated heterocycles. The van der Waals surface area contributed by atoms with Crippen LogP contribution in [0.1, 0.15) is 16.1 Å². The lowest BCUT2D eigenvalue weighted by Gasteiger charge is -2.39. The lowest BCUT2D eigenvalue weighted by atomic mass is 9.81. The Balaban J connectivity index is 1.60. The molecule has 0 fully saturated rings. The number of aromatic nitrogens is 4. The average Bonchev–Trinajstić information content (AvgIpc) is 3.52. The van der Waals surface area contributed by atoms with Crippen LogP contribution in [0.15, 0.2) is 60.8 Å². The summed E-state index contributed by atoms with van der Waals surface area (Å²) < 4.78 is 27.4. The molecule has 5 rings (SSSR count). The number of fused-ring (bicyclic) bond motifs is 3. The van der Waals surface area contributed by atoms with Crippen molar-refractivity contribution in [2.75, 3.05) is 13.9 Å². The first kappa shape index (κ1) is 21.2. The van der Waals surface area contributed by atoms with Gasteiger partial charge in [0.2, 0.25) is 0 Å². The maximum Gasteiger partial charge on any atom is 0.158 e. The number of nitriles is 1. The third kappa shape index (κ3) is 3.54. The van der Waals surface area contributed by atoms with Crippen molar-refractivity contribution in [3.63, 3.8) is 0 Å². The number of ether oxygens (including phenoxy) is 2. The molecule has 164 valence electrons. The summed E-state index contributed by atoms with van der Waals surface area (Å²) in [4.78, 5) is 9.10. The summed E-state index contributed by atoms with van der Waals surface area (Å²) in [6.45, 7) is 4.64. The first-order valence-corrected chi connectivity index (χ1v) is 10.9.